The van der Waals surface area contributed by atoms with E-state index in [-0.39, 0.29) is 10.8 Å². The van der Waals surface area contributed by atoms with Gasteiger partial charge in [0.25, 0.3) is 0 Å². The Bertz CT molecular complexity index is 1670. The Balaban J connectivity index is 0.897. The standard InChI is InChI=1S/C37H36O8/c1-36(19-39-20-36)23-41-29-7-3-25(4-8-29)18-43-45-32-12-14-34-28(17-32)15-27-16-31(11-13-33(27)34)44-35(38)26-5-9-30(10-6-26)42-24-37(2)21-40-22-37/h3-14,16-17H,15,18-24H2,1-2H3. The second kappa shape index (κ2) is 12.2. The molecule has 4 aromatic carbocycles. The van der Waals surface area contributed by atoms with Crippen molar-refractivity contribution in [1.82, 2.24) is 0 Å². The SMILES string of the molecule is CC1(COc2ccc(COOc3ccc4c(c3)Cc3cc(OC(=O)c5ccc(OCC6(C)COC6)cc5)ccc3-4)cc2)COC1. The van der Waals surface area contributed by atoms with Crippen LogP contribution in [-0.2, 0) is 27.4 Å². The first-order chi connectivity index (χ1) is 21.8. The molecule has 2 fully saturated rings. The molecule has 45 heavy (non-hydrogen) atoms. The lowest BCUT2D eigenvalue weighted by Crippen LogP contribution is -2.44. The quantitative estimate of drug-likeness (QED) is 0.0661. The fourth-order valence-electron chi connectivity index (χ4n) is 5.56. The third kappa shape index (κ3) is 6.68. The fourth-order valence-corrected chi connectivity index (χ4v) is 5.56. The van der Waals surface area contributed by atoms with Gasteiger partial charge in [-0.15, -0.1) is 0 Å². The van der Waals surface area contributed by atoms with E-state index in [1.54, 1.807) is 24.3 Å². The van der Waals surface area contributed by atoms with Crippen LogP contribution in [0.25, 0.3) is 11.1 Å². The molecule has 0 amide bonds. The number of rotatable bonds is 12. The lowest BCUT2D eigenvalue weighted by Gasteiger charge is -2.37. The summed E-state index contributed by atoms with van der Waals surface area (Å²) >= 11 is 0. The summed E-state index contributed by atoms with van der Waals surface area (Å²) in [5.41, 5.74) is 6.07. The van der Waals surface area contributed by atoms with Crippen molar-refractivity contribution < 1.29 is 38.3 Å². The first-order valence-corrected chi connectivity index (χ1v) is 15.2. The summed E-state index contributed by atoms with van der Waals surface area (Å²) in [5, 5.41) is 0. The van der Waals surface area contributed by atoms with E-state index in [0.717, 1.165) is 46.8 Å². The van der Waals surface area contributed by atoms with Gasteiger partial charge in [0, 0.05) is 10.8 Å². The summed E-state index contributed by atoms with van der Waals surface area (Å²) in [4.78, 5) is 24.0. The van der Waals surface area contributed by atoms with Gasteiger partial charge in [-0.2, -0.15) is 4.89 Å². The Morgan fingerprint density at radius 3 is 1.73 bits per heavy atom. The smallest absolute Gasteiger partial charge is 0.343 e. The summed E-state index contributed by atoms with van der Waals surface area (Å²) < 4.78 is 28.0. The molecule has 8 heteroatoms. The zero-order valence-electron chi connectivity index (χ0n) is 25.5. The highest BCUT2D eigenvalue weighted by Crippen LogP contribution is 2.40. The van der Waals surface area contributed by atoms with E-state index in [9.17, 15) is 4.79 Å². The number of fused-ring (bicyclic) bond motifs is 3. The highest BCUT2D eigenvalue weighted by molar-refractivity contribution is 5.91. The Kier molecular flexibility index (Phi) is 7.95. The third-order valence-corrected chi connectivity index (χ3v) is 8.41. The van der Waals surface area contributed by atoms with Gasteiger partial charge >= 0.3 is 5.97 Å². The van der Waals surface area contributed by atoms with Crippen molar-refractivity contribution in [2.75, 3.05) is 39.6 Å². The van der Waals surface area contributed by atoms with Crippen molar-refractivity contribution in [1.29, 1.82) is 0 Å². The van der Waals surface area contributed by atoms with E-state index >= 15 is 0 Å². The van der Waals surface area contributed by atoms with Crippen LogP contribution in [0.15, 0.2) is 84.9 Å². The van der Waals surface area contributed by atoms with Crippen LogP contribution in [0.2, 0.25) is 0 Å². The first kappa shape index (κ1) is 29.3. The van der Waals surface area contributed by atoms with Gasteiger partial charge in [-0.05, 0) is 94.9 Å². The molecule has 0 saturated carbocycles. The fraction of sp³-hybridized carbons (Fsp3) is 0.324. The maximum atomic E-state index is 12.8. The number of hydrogen-bond acceptors (Lipinski definition) is 8. The highest BCUT2D eigenvalue weighted by atomic mass is 17.2. The highest BCUT2D eigenvalue weighted by Gasteiger charge is 2.35. The predicted octanol–water partition coefficient (Wildman–Crippen LogP) is 6.82. The normalized spacial score (nSPS) is 16.8. The number of ether oxygens (including phenoxy) is 5. The topological polar surface area (TPSA) is 81.7 Å². The number of carbonyl (C=O) groups excluding carboxylic acids is 1. The van der Waals surface area contributed by atoms with Gasteiger partial charge in [0.15, 0.2) is 5.75 Å². The summed E-state index contributed by atoms with van der Waals surface area (Å²) in [5.74, 6) is 2.27. The second-order valence-corrected chi connectivity index (χ2v) is 12.9. The molecule has 0 bridgehead atoms. The summed E-state index contributed by atoms with van der Waals surface area (Å²) in [7, 11) is 0. The third-order valence-electron chi connectivity index (χ3n) is 8.41. The van der Waals surface area contributed by atoms with E-state index in [2.05, 4.69) is 13.8 Å². The van der Waals surface area contributed by atoms with Crippen LogP contribution in [0.4, 0.5) is 0 Å². The van der Waals surface area contributed by atoms with Gasteiger partial charge in [-0.1, -0.05) is 38.1 Å². The van der Waals surface area contributed by atoms with Crippen molar-refractivity contribution in [2.45, 2.75) is 26.9 Å². The molecule has 232 valence electrons. The Hall–Kier alpha value is -4.37. The van der Waals surface area contributed by atoms with Crippen molar-refractivity contribution in [3.05, 3.63) is 107 Å². The molecule has 4 aromatic rings. The van der Waals surface area contributed by atoms with Crippen LogP contribution in [0.1, 0.15) is 40.9 Å². The predicted molar refractivity (Wildman–Crippen MR) is 167 cm³/mol. The van der Waals surface area contributed by atoms with Crippen LogP contribution >= 0.6 is 0 Å². The first-order valence-electron chi connectivity index (χ1n) is 15.2. The van der Waals surface area contributed by atoms with Crippen molar-refractivity contribution >= 4 is 5.97 Å². The summed E-state index contributed by atoms with van der Waals surface area (Å²) in [6, 6.07) is 26.5. The second-order valence-electron chi connectivity index (χ2n) is 12.9. The van der Waals surface area contributed by atoms with Crippen LogP contribution in [0.3, 0.4) is 0 Å². The zero-order valence-corrected chi connectivity index (χ0v) is 25.5. The average Bonchev–Trinajstić information content (AvgIpc) is 3.38. The molecule has 1 aliphatic carbocycles. The molecule has 0 unspecified atom stereocenters. The maximum absolute atomic E-state index is 12.8. The molecule has 7 rings (SSSR count). The van der Waals surface area contributed by atoms with E-state index in [1.165, 1.54) is 0 Å². The molecule has 0 atom stereocenters. The van der Waals surface area contributed by atoms with Gasteiger partial charge in [0.1, 0.15) is 23.9 Å². The van der Waals surface area contributed by atoms with Gasteiger partial charge in [0.05, 0.1) is 45.2 Å². The van der Waals surface area contributed by atoms with E-state index in [0.29, 0.717) is 62.3 Å². The van der Waals surface area contributed by atoms with Gasteiger partial charge < -0.3 is 28.6 Å². The molecule has 2 saturated heterocycles. The Morgan fingerprint density at radius 2 is 1.18 bits per heavy atom. The van der Waals surface area contributed by atoms with Gasteiger partial charge in [0.2, 0.25) is 0 Å². The van der Waals surface area contributed by atoms with E-state index in [1.807, 2.05) is 60.7 Å². The van der Waals surface area contributed by atoms with Crippen LogP contribution < -0.4 is 19.1 Å². The molecule has 3 aliphatic rings. The minimum Gasteiger partial charge on any atom is -0.493 e. The maximum Gasteiger partial charge on any atom is 0.343 e. The molecular weight excluding hydrogens is 572 g/mol. The lowest BCUT2D eigenvalue weighted by atomic mass is 9.90. The van der Waals surface area contributed by atoms with E-state index < -0.39 is 5.97 Å². The van der Waals surface area contributed by atoms with Gasteiger partial charge in [-0.25, -0.2) is 4.79 Å². The number of hydrogen-bond donors (Lipinski definition) is 0. The monoisotopic (exact) mass is 608 g/mol. The molecule has 0 radical (unpaired) electrons. The largest absolute Gasteiger partial charge is 0.493 e. The van der Waals surface area contributed by atoms with Crippen molar-refractivity contribution in [3.63, 3.8) is 0 Å². The molecule has 2 heterocycles. The molecule has 0 N–H and O–H groups in total. The molecular formula is C37H36O8. The molecule has 0 spiro atoms. The zero-order chi connectivity index (χ0) is 30.9. The Morgan fingerprint density at radius 1 is 0.667 bits per heavy atom. The van der Waals surface area contributed by atoms with Crippen LogP contribution in [-0.4, -0.2) is 45.6 Å². The average molecular weight is 609 g/mol. The minimum atomic E-state index is -0.413. The lowest BCUT2D eigenvalue weighted by molar-refractivity contribution is -0.217. The van der Waals surface area contributed by atoms with Crippen molar-refractivity contribution in [2.24, 2.45) is 10.8 Å². The number of esters is 1. The molecule has 8 nitrogen and oxygen atoms in total. The summed E-state index contributed by atoms with van der Waals surface area (Å²) in [6.45, 7) is 8.71. The minimum absolute atomic E-state index is 0.0568. The van der Waals surface area contributed by atoms with E-state index in [4.69, 9.17) is 33.5 Å². The summed E-state index contributed by atoms with van der Waals surface area (Å²) in [6.07, 6.45) is 0.704. The number of carbonyl (C=O) groups is 1. The van der Waals surface area contributed by atoms with Crippen LogP contribution in [0, 0.1) is 10.8 Å². The van der Waals surface area contributed by atoms with Gasteiger partial charge in [-0.3, -0.25) is 0 Å². The molecule has 0 aromatic heterocycles. The molecule has 2 aliphatic heterocycles. The number of benzene rings is 4. The van der Waals surface area contributed by atoms with Crippen LogP contribution in [0.5, 0.6) is 23.0 Å². The Labute approximate surface area is 262 Å². The van der Waals surface area contributed by atoms with Crippen molar-refractivity contribution in [3.8, 4) is 34.1 Å².